The van der Waals surface area contributed by atoms with E-state index in [0.29, 0.717) is 48.3 Å². The van der Waals surface area contributed by atoms with Crippen LogP contribution in [-0.2, 0) is 11.3 Å². The second-order valence-corrected chi connectivity index (χ2v) is 6.75. The molecule has 0 spiro atoms. The molecule has 0 saturated carbocycles. The molecule has 0 aromatic heterocycles. The zero-order valence-electron chi connectivity index (χ0n) is 14.5. The molecule has 9 heteroatoms. The molecule has 1 aromatic rings. The number of anilines is 1. The molecule has 4 N–H and O–H groups in total. The highest BCUT2D eigenvalue weighted by molar-refractivity contribution is 7.77. The number of rotatable bonds is 7. The van der Waals surface area contributed by atoms with Crippen LogP contribution in [0.15, 0.2) is 12.1 Å². The molecule has 2 rings (SSSR count). The first-order valence-electron chi connectivity index (χ1n) is 8.11. The molecule has 0 aliphatic carbocycles. The van der Waals surface area contributed by atoms with Crippen LogP contribution in [0.4, 0.5) is 5.69 Å². The quantitative estimate of drug-likeness (QED) is 0.491. The SMILES string of the molecule is COc1cc(N)c(C(=O)N2CCC(CCNS(=O)O)CC2)cc1OC. The van der Waals surface area contributed by atoms with Crippen molar-refractivity contribution in [2.75, 3.05) is 39.6 Å². The Bertz CT molecular complexity index is 632. The van der Waals surface area contributed by atoms with Gasteiger partial charge in [-0.1, -0.05) is 0 Å². The summed E-state index contributed by atoms with van der Waals surface area (Å²) >= 11 is -1.97. The van der Waals surface area contributed by atoms with Crippen molar-refractivity contribution in [3.05, 3.63) is 17.7 Å². The lowest BCUT2D eigenvalue weighted by atomic mass is 9.93. The average molecular weight is 371 g/mol. The van der Waals surface area contributed by atoms with Gasteiger partial charge in [0, 0.05) is 31.4 Å². The predicted octanol–water partition coefficient (Wildman–Crippen LogP) is 1.25. The number of hydrogen-bond acceptors (Lipinski definition) is 5. The molecular weight excluding hydrogens is 346 g/mol. The highest BCUT2D eigenvalue weighted by atomic mass is 32.2. The van der Waals surface area contributed by atoms with E-state index < -0.39 is 11.3 Å². The molecular formula is C16H25N3O5S. The normalized spacial score (nSPS) is 16.5. The molecule has 1 amide bonds. The van der Waals surface area contributed by atoms with Crippen molar-refractivity contribution in [1.82, 2.24) is 9.62 Å². The van der Waals surface area contributed by atoms with Crippen LogP contribution in [0.2, 0.25) is 0 Å². The molecule has 0 radical (unpaired) electrons. The lowest BCUT2D eigenvalue weighted by Gasteiger charge is -2.32. The van der Waals surface area contributed by atoms with Gasteiger partial charge < -0.3 is 20.1 Å². The van der Waals surface area contributed by atoms with Gasteiger partial charge in [0.25, 0.3) is 5.91 Å². The van der Waals surface area contributed by atoms with Gasteiger partial charge in [0.15, 0.2) is 11.5 Å². The number of nitrogen functional groups attached to an aromatic ring is 1. The van der Waals surface area contributed by atoms with E-state index in [2.05, 4.69) is 4.72 Å². The van der Waals surface area contributed by atoms with E-state index >= 15 is 0 Å². The van der Waals surface area contributed by atoms with E-state index in [4.69, 9.17) is 19.8 Å². The third-order valence-corrected chi connectivity index (χ3v) is 4.92. The van der Waals surface area contributed by atoms with Crippen molar-refractivity contribution < 1.29 is 23.0 Å². The fourth-order valence-corrected chi connectivity index (χ4v) is 3.32. The van der Waals surface area contributed by atoms with Crippen LogP contribution >= 0.6 is 0 Å². The number of amides is 1. The van der Waals surface area contributed by atoms with Crippen LogP contribution in [-0.4, -0.2) is 53.4 Å². The van der Waals surface area contributed by atoms with E-state index in [0.717, 1.165) is 19.3 Å². The Labute approximate surface area is 150 Å². The standard InChI is InChI=1S/C16H25N3O5S/c1-23-14-9-12(13(17)10-15(14)24-2)16(20)19-7-4-11(5-8-19)3-6-18-25(21)22/h9-11,18H,3-8,17H2,1-2H3,(H,21,22). The van der Waals surface area contributed by atoms with Gasteiger partial charge in [-0.2, -0.15) is 0 Å². The summed E-state index contributed by atoms with van der Waals surface area (Å²) in [5.41, 5.74) is 6.78. The summed E-state index contributed by atoms with van der Waals surface area (Å²) in [7, 11) is 3.03. The molecule has 1 aliphatic heterocycles. The molecule has 140 valence electrons. The van der Waals surface area contributed by atoms with Crippen LogP contribution in [0.25, 0.3) is 0 Å². The summed E-state index contributed by atoms with van der Waals surface area (Å²) in [6.45, 7) is 1.77. The maximum absolute atomic E-state index is 12.8. The molecule has 1 unspecified atom stereocenters. The number of likely N-dealkylation sites (tertiary alicyclic amines) is 1. The predicted molar refractivity (Wildman–Crippen MR) is 96.0 cm³/mol. The van der Waals surface area contributed by atoms with Gasteiger partial charge >= 0.3 is 0 Å². The lowest BCUT2D eigenvalue weighted by Crippen LogP contribution is -2.39. The van der Waals surface area contributed by atoms with E-state index in [9.17, 15) is 9.00 Å². The number of piperidine rings is 1. The van der Waals surface area contributed by atoms with Gasteiger partial charge in [-0.15, -0.1) is 0 Å². The zero-order valence-corrected chi connectivity index (χ0v) is 15.3. The van der Waals surface area contributed by atoms with Crippen LogP contribution < -0.4 is 19.9 Å². The third kappa shape index (κ3) is 5.07. The largest absolute Gasteiger partial charge is 0.493 e. The molecule has 1 fully saturated rings. The average Bonchev–Trinajstić information content (AvgIpc) is 2.61. The summed E-state index contributed by atoms with van der Waals surface area (Å²) in [6, 6.07) is 3.21. The summed E-state index contributed by atoms with van der Waals surface area (Å²) in [5.74, 6) is 1.27. The lowest BCUT2D eigenvalue weighted by molar-refractivity contribution is 0.0688. The van der Waals surface area contributed by atoms with Gasteiger partial charge in [-0.25, -0.2) is 8.93 Å². The highest BCUT2D eigenvalue weighted by Gasteiger charge is 2.25. The maximum Gasteiger partial charge on any atom is 0.256 e. The van der Waals surface area contributed by atoms with Crippen molar-refractivity contribution in [3.63, 3.8) is 0 Å². The van der Waals surface area contributed by atoms with Crippen LogP contribution in [0.1, 0.15) is 29.6 Å². The fourth-order valence-electron chi connectivity index (χ4n) is 3.03. The summed E-state index contributed by atoms with van der Waals surface area (Å²) < 4.78 is 32.2. The molecule has 1 saturated heterocycles. The Hall–Kier alpha value is -1.84. The minimum atomic E-state index is -1.97. The number of nitrogens with two attached hydrogens (primary N) is 1. The molecule has 25 heavy (non-hydrogen) atoms. The molecule has 8 nitrogen and oxygen atoms in total. The van der Waals surface area contributed by atoms with Crippen LogP contribution in [0, 0.1) is 5.92 Å². The molecule has 0 bridgehead atoms. The minimum absolute atomic E-state index is 0.119. The number of benzene rings is 1. The van der Waals surface area contributed by atoms with Gasteiger partial charge in [0.05, 0.1) is 19.8 Å². The fraction of sp³-hybridized carbons (Fsp3) is 0.562. The van der Waals surface area contributed by atoms with Gasteiger partial charge in [-0.05, 0) is 31.2 Å². The summed E-state index contributed by atoms with van der Waals surface area (Å²) in [4.78, 5) is 14.5. The van der Waals surface area contributed by atoms with Crippen molar-refractivity contribution in [3.8, 4) is 11.5 Å². The van der Waals surface area contributed by atoms with Gasteiger partial charge in [0.2, 0.25) is 11.3 Å². The van der Waals surface area contributed by atoms with Crippen molar-refractivity contribution >= 4 is 22.9 Å². The van der Waals surface area contributed by atoms with E-state index in [1.54, 1.807) is 17.0 Å². The minimum Gasteiger partial charge on any atom is -0.493 e. The first kappa shape index (κ1) is 19.5. The van der Waals surface area contributed by atoms with Crippen molar-refractivity contribution in [2.45, 2.75) is 19.3 Å². The Morgan fingerprint density at radius 1 is 1.32 bits per heavy atom. The Kier molecular flexibility index (Phi) is 7.03. The Morgan fingerprint density at radius 3 is 2.48 bits per heavy atom. The van der Waals surface area contributed by atoms with Gasteiger partial charge in [-0.3, -0.25) is 9.35 Å². The highest BCUT2D eigenvalue weighted by Crippen LogP contribution is 2.33. The van der Waals surface area contributed by atoms with Crippen LogP contribution in [0.5, 0.6) is 11.5 Å². The maximum atomic E-state index is 12.8. The molecule has 1 atom stereocenters. The first-order valence-corrected chi connectivity index (χ1v) is 9.22. The smallest absolute Gasteiger partial charge is 0.256 e. The number of nitrogens with zero attached hydrogens (tertiary/aromatic N) is 1. The second-order valence-electron chi connectivity index (χ2n) is 5.96. The number of carbonyl (C=O) groups excluding carboxylic acids is 1. The van der Waals surface area contributed by atoms with E-state index in [1.165, 1.54) is 14.2 Å². The monoisotopic (exact) mass is 371 g/mol. The van der Waals surface area contributed by atoms with E-state index in [-0.39, 0.29) is 5.91 Å². The van der Waals surface area contributed by atoms with Gasteiger partial charge in [0.1, 0.15) is 0 Å². The Balaban J connectivity index is 1.97. The second kappa shape index (κ2) is 9.02. The summed E-state index contributed by atoms with van der Waals surface area (Å²) in [5, 5.41) is 0. The topological polar surface area (TPSA) is 114 Å². The molecule has 1 aromatic carbocycles. The van der Waals surface area contributed by atoms with Crippen molar-refractivity contribution in [1.29, 1.82) is 0 Å². The van der Waals surface area contributed by atoms with Crippen molar-refractivity contribution in [2.24, 2.45) is 5.92 Å². The Morgan fingerprint density at radius 2 is 1.92 bits per heavy atom. The number of carbonyl (C=O) groups is 1. The van der Waals surface area contributed by atoms with Crippen LogP contribution in [0.3, 0.4) is 0 Å². The summed E-state index contributed by atoms with van der Waals surface area (Å²) in [6.07, 6.45) is 2.53. The molecule has 1 heterocycles. The third-order valence-electron chi connectivity index (χ3n) is 4.47. The zero-order chi connectivity index (χ0) is 18.4. The number of ether oxygens (including phenoxy) is 2. The first-order chi connectivity index (χ1) is 12.0. The van der Waals surface area contributed by atoms with E-state index in [1.807, 2.05) is 0 Å². The number of hydrogen-bond donors (Lipinski definition) is 3. The number of methoxy groups -OCH3 is 2. The molecule has 1 aliphatic rings. The number of nitrogens with one attached hydrogen (secondary N) is 1.